The van der Waals surface area contributed by atoms with Gasteiger partial charge in [0.05, 0.1) is 7.11 Å². The summed E-state index contributed by atoms with van der Waals surface area (Å²) in [6.45, 7) is 2.15. The number of amides is 1. The second-order valence-electron chi connectivity index (χ2n) is 5.77. The lowest BCUT2D eigenvalue weighted by molar-refractivity contribution is -0.116. The van der Waals surface area contributed by atoms with Crippen LogP contribution >= 0.6 is 12.2 Å². The molecule has 0 spiro atoms. The minimum absolute atomic E-state index is 0.0764. The summed E-state index contributed by atoms with van der Waals surface area (Å²) in [6, 6.07) is 15.2. The van der Waals surface area contributed by atoms with Crippen molar-refractivity contribution >= 4 is 23.8 Å². The highest BCUT2D eigenvalue weighted by Crippen LogP contribution is 2.21. The molecule has 1 aromatic heterocycles. The Morgan fingerprint density at radius 1 is 1.27 bits per heavy atom. The van der Waals surface area contributed by atoms with Crippen molar-refractivity contribution in [1.29, 1.82) is 0 Å². The van der Waals surface area contributed by atoms with Gasteiger partial charge in [-0.25, -0.2) is 0 Å². The first-order chi connectivity index (χ1) is 12.6. The Labute approximate surface area is 156 Å². The number of carbonyl (C=O) groups is 1. The molecule has 7 heteroatoms. The minimum Gasteiger partial charge on any atom is -0.497 e. The number of carbonyl (C=O) groups excluding carboxylic acids is 1. The summed E-state index contributed by atoms with van der Waals surface area (Å²) in [5, 5.41) is 9.92. The number of nitrogens with one attached hydrogen (secondary N) is 2. The molecule has 0 atom stereocenters. The predicted octanol–water partition coefficient (Wildman–Crippen LogP) is 3.82. The normalized spacial score (nSPS) is 10.5. The highest BCUT2D eigenvalue weighted by atomic mass is 32.1. The Morgan fingerprint density at radius 3 is 2.73 bits per heavy atom. The average molecular weight is 368 g/mol. The highest BCUT2D eigenvalue weighted by molar-refractivity contribution is 7.71. The van der Waals surface area contributed by atoms with Crippen LogP contribution in [0.5, 0.6) is 5.75 Å². The standard InChI is InChI=1S/C19H20N4O2S/c1-3-13-5-4-6-15(11-13)20-17(24)12-23-18(21-22-19(23)26)14-7-9-16(25-2)10-8-14/h4-11H,3,12H2,1-2H3,(H,20,24)(H,22,26). The highest BCUT2D eigenvalue weighted by Gasteiger charge is 2.13. The molecule has 3 aromatic rings. The number of benzene rings is 2. The fourth-order valence-corrected chi connectivity index (χ4v) is 2.83. The number of aryl methyl sites for hydroxylation is 1. The maximum atomic E-state index is 12.5. The number of methoxy groups -OCH3 is 1. The van der Waals surface area contributed by atoms with Crippen molar-refractivity contribution in [2.75, 3.05) is 12.4 Å². The number of ether oxygens (including phenoxy) is 1. The van der Waals surface area contributed by atoms with E-state index in [1.165, 1.54) is 5.56 Å². The smallest absolute Gasteiger partial charge is 0.244 e. The van der Waals surface area contributed by atoms with E-state index in [9.17, 15) is 4.79 Å². The van der Waals surface area contributed by atoms with E-state index in [0.29, 0.717) is 10.6 Å². The molecule has 0 radical (unpaired) electrons. The Morgan fingerprint density at radius 2 is 2.04 bits per heavy atom. The van der Waals surface area contributed by atoms with Gasteiger partial charge in [-0.2, -0.15) is 5.10 Å². The second kappa shape index (κ2) is 7.97. The maximum absolute atomic E-state index is 12.5. The summed E-state index contributed by atoms with van der Waals surface area (Å²) in [7, 11) is 1.61. The lowest BCUT2D eigenvalue weighted by Gasteiger charge is -2.09. The summed E-state index contributed by atoms with van der Waals surface area (Å²) in [5.41, 5.74) is 2.79. The van der Waals surface area contributed by atoms with Crippen molar-refractivity contribution in [3.63, 3.8) is 0 Å². The molecule has 0 saturated heterocycles. The molecule has 0 aliphatic carbocycles. The van der Waals surface area contributed by atoms with E-state index in [-0.39, 0.29) is 12.5 Å². The summed E-state index contributed by atoms with van der Waals surface area (Å²) < 4.78 is 7.24. The van der Waals surface area contributed by atoms with E-state index < -0.39 is 0 Å². The minimum atomic E-state index is -0.162. The van der Waals surface area contributed by atoms with Crippen molar-refractivity contribution < 1.29 is 9.53 Å². The predicted molar refractivity (Wildman–Crippen MR) is 104 cm³/mol. The lowest BCUT2D eigenvalue weighted by Crippen LogP contribution is -2.19. The third-order valence-corrected chi connectivity index (χ3v) is 4.34. The molecule has 0 fully saturated rings. The fraction of sp³-hybridized carbons (Fsp3) is 0.211. The first kappa shape index (κ1) is 17.9. The molecule has 3 rings (SSSR count). The molecule has 0 aliphatic heterocycles. The van der Waals surface area contributed by atoms with E-state index in [4.69, 9.17) is 17.0 Å². The zero-order chi connectivity index (χ0) is 18.5. The summed E-state index contributed by atoms with van der Waals surface area (Å²) in [6.07, 6.45) is 0.915. The van der Waals surface area contributed by atoms with Gasteiger partial charge in [0, 0.05) is 11.3 Å². The van der Waals surface area contributed by atoms with Gasteiger partial charge in [-0.1, -0.05) is 19.1 Å². The van der Waals surface area contributed by atoms with Crippen LogP contribution in [0.1, 0.15) is 12.5 Å². The van der Waals surface area contributed by atoms with E-state index >= 15 is 0 Å². The van der Waals surface area contributed by atoms with Crippen LogP contribution in [0.2, 0.25) is 0 Å². The number of anilines is 1. The molecular formula is C19H20N4O2S. The van der Waals surface area contributed by atoms with Crippen LogP contribution in [0.3, 0.4) is 0 Å². The van der Waals surface area contributed by atoms with Crippen molar-refractivity contribution in [3.05, 3.63) is 58.9 Å². The quantitative estimate of drug-likeness (QED) is 0.649. The van der Waals surface area contributed by atoms with Crippen LogP contribution in [0.4, 0.5) is 5.69 Å². The zero-order valence-corrected chi connectivity index (χ0v) is 15.5. The Hall–Kier alpha value is -2.93. The zero-order valence-electron chi connectivity index (χ0n) is 14.7. The summed E-state index contributed by atoms with van der Waals surface area (Å²) in [5.74, 6) is 1.20. The Balaban J connectivity index is 1.80. The molecule has 2 aromatic carbocycles. The molecule has 0 aliphatic rings. The van der Waals surface area contributed by atoms with Crippen molar-refractivity contribution in [3.8, 4) is 17.1 Å². The van der Waals surface area contributed by atoms with Gasteiger partial charge in [0.2, 0.25) is 5.91 Å². The Bertz CT molecular complexity index is 960. The maximum Gasteiger partial charge on any atom is 0.244 e. The molecule has 2 N–H and O–H groups in total. The molecule has 0 unspecified atom stereocenters. The van der Waals surface area contributed by atoms with Gasteiger partial charge in [0.15, 0.2) is 10.6 Å². The molecule has 0 bridgehead atoms. The van der Waals surface area contributed by atoms with Crippen molar-refractivity contribution in [2.45, 2.75) is 19.9 Å². The van der Waals surface area contributed by atoms with Crippen LogP contribution in [0.15, 0.2) is 48.5 Å². The number of hydrogen-bond donors (Lipinski definition) is 2. The SMILES string of the molecule is CCc1cccc(NC(=O)Cn2c(-c3ccc(OC)cc3)n[nH]c2=S)c1. The van der Waals surface area contributed by atoms with Crippen LogP contribution in [0.25, 0.3) is 11.4 Å². The topological polar surface area (TPSA) is 71.9 Å². The summed E-state index contributed by atoms with van der Waals surface area (Å²) >= 11 is 5.28. The molecule has 0 saturated carbocycles. The van der Waals surface area contributed by atoms with Gasteiger partial charge in [-0.3, -0.25) is 14.5 Å². The lowest BCUT2D eigenvalue weighted by atomic mass is 10.1. The van der Waals surface area contributed by atoms with Crippen molar-refractivity contribution in [2.24, 2.45) is 0 Å². The molecule has 1 amide bonds. The molecule has 134 valence electrons. The van der Waals surface area contributed by atoms with Crippen LogP contribution in [-0.4, -0.2) is 27.8 Å². The number of hydrogen-bond acceptors (Lipinski definition) is 4. The number of aromatic nitrogens is 3. The number of H-pyrrole nitrogens is 1. The average Bonchev–Trinajstić information content (AvgIpc) is 3.02. The van der Waals surface area contributed by atoms with Gasteiger partial charge in [0.1, 0.15) is 12.3 Å². The number of rotatable bonds is 6. The molecule has 1 heterocycles. The van der Waals surface area contributed by atoms with E-state index in [0.717, 1.165) is 23.4 Å². The second-order valence-corrected chi connectivity index (χ2v) is 6.16. The van der Waals surface area contributed by atoms with Gasteiger partial charge in [-0.05, 0) is 60.6 Å². The van der Waals surface area contributed by atoms with Crippen molar-refractivity contribution in [1.82, 2.24) is 14.8 Å². The number of aromatic amines is 1. The van der Waals surface area contributed by atoms with Gasteiger partial charge in [0.25, 0.3) is 0 Å². The van der Waals surface area contributed by atoms with Crippen LogP contribution in [0, 0.1) is 4.77 Å². The van der Waals surface area contributed by atoms with Gasteiger partial charge < -0.3 is 10.1 Å². The molecular weight excluding hydrogens is 348 g/mol. The molecule has 26 heavy (non-hydrogen) atoms. The monoisotopic (exact) mass is 368 g/mol. The van der Waals surface area contributed by atoms with Crippen LogP contribution in [-0.2, 0) is 17.8 Å². The first-order valence-electron chi connectivity index (χ1n) is 8.29. The van der Waals surface area contributed by atoms with Crippen LogP contribution < -0.4 is 10.1 Å². The number of nitrogens with zero attached hydrogens (tertiary/aromatic N) is 2. The third kappa shape index (κ3) is 4.00. The van der Waals surface area contributed by atoms with Gasteiger partial charge in [-0.15, -0.1) is 0 Å². The largest absolute Gasteiger partial charge is 0.497 e. The first-order valence-corrected chi connectivity index (χ1v) is 8.70. The van der Waals surface area contributed by atoms with E-state index in [2.05, 4.69) is 22.4 Å². The van der Waals surface area contributed by atoms with E-state index in [1.807, 2.05) is 48.5 Å². The Kier molecular flexibility index (Phi) is 5.48. The fourth-order valence-electron chi connectivity index (χ4n) is 2.64. The van der Waals surface area contributed by atoms with Gasteiger partial charge >= 0.3 is 0 Å². The third-order valence-electron chi connectivity index (χ3n) is 4.03. The van der Waals surface area contributed by atoms with E-state index in [1.54, 1.807) is 11.7 Å². The molecule has 6 nitrogen and oxygen atoms in total. The summed E-state index contributed by atoms with van der Waals surface area (Å²) in [4.78, 5) is 12.5.